The summed E-state index contributed by atoms with van der Waals surface area (Å²) in [7, 11) is 0. The number of likely N-dealkylation sites (tertiary alicyclic amines) is 1. The molecule has 1 aliphatic rings. The summed E-state index contributed by atoms with van der Waals surface area (Å²) in [6.07, 6.45) is 2.08. The van der Waals surface area contributed by atoms with Crippen LogP contribution in [0, 0.1) is 5.92 Å². The zero-order valence-electron chi connectivity index (χ0n) is 14.5. The lowest BCUT2D eigenvalue weighted by Gasteiger charge is -2.32. The van der Waals surface area contributed by atoms with Crippen LogP contribution >= 0.6 is 11.6 Å². The number of halogens is 1. The van der Waals surface area contributed by atoms with Gasteiger partial charge in [0.15, 0.2) is 6.10 Å². The third kappa shape index (κ3) is 3.99. The number of primary amides is 1. The molecule has 2 aromatic rings. The monoisotopic (exact) mass is 376 g/mol. The van der Waals surface area contributed by atoms with Crippen LogP contribution in [0.15, 0.2) is 36.5 Å². The third-order valence-corrected chi connectivity index (χ3v) is 4.76. The van der Waals surface area contributed by atoms with E-state index in [-0.39, 0.29) is 23.6 Å². The third-order valence-electron chi connectivity index (χ3n) is 4.50. The predicted octanol–water partition coefficient (Wildman–Crippen LogP) is 2.02. The molecule has 0 saturated carbocycles. The van der Waals surface area contributed by atoms with Gasteiger partial charge >= 0.3 is 0 Å². The van der Waals surface area contributed by atoms with E-state index in [4.69, 9.17) is 22.1 Å². The molecular weight excluding hydrogens is 356 g/mol. The summed E-state index contributed by atoms with van der Waals surface area (Å²) in [5.41, 5.74) is 6.17. The molecule has 1 aromatic carbocycles. The van der Waals surface area contributed by atoms with Crippen molar-refractivity contribution in [2.45, 2.75) is 25.9 Å². The number of rotatable bonds is 5. The number of ether oxygens (including phenoxy) is 1. The Labute approximate surface area is 156 Å². The normalized spacial score (nSPS) is 16.3. The van der Waals surface area contributed by atoms with Gasteiger partial charge < -0.3 is 15.4 Å². The number of nitrogens with zero attached hydrogens (tertiary/aromatic N) is 3. The smallest absolute Gasteiger partial charge is 0.263 e. The Morgan fingerprint density at radius 1 is 1.27 bits per heavy atom. The Morgan fingerprint density at radius 2 is 1.92 bits per heavy atom. The topological polar surface area (TPSA) is 90.5 Å². The van der Waals surface area contributed by atoms with Gasteiger partial charge in [0, 0.05) is 19.0 Å². The molecule has 1 aliphatic heterocycles. The van der Waals surface area contributed by atoms with Crippen molar-refractivity contribution in [3.8, 4) is 11.6 Å². The van der Waals surface area contributed by atoms with Crippen LogP contribution in [0.25, 0.3) is 5.69 Å². The Bertz CT molecular complexity index is 785. The summed E-state index contributed by atoms with van der Waals surface area (Å²) < 4.78 is 7.29. The first-order chi connectivity index (χ1) is 12.5. The first-order valence-electron chi connectivity index (χ1n) is 8.51. The number of hydrogen-bond acceptors (Lipinski definition) is 4. The van der Waals surface area contributed by atoms with Gasteiger partial charge in [0.1, 0.15) is 5.02 Å². The van der Waals surface area contributed by atoms with Crippen molar-refractivity contribution in [1.29, 1.82) is 0 Å². The van der Waals surface area contributed by atoms with Crippen molar-refractivity contribution in [3.05, 3.63) is 41.6 Å². The molecule has 0 radical (unpaired) electrons. The second-order valence-electron chi connectivity index (χ2n) is 6.32. The van der Waals surface area contributed by atoms with E-state index in [9.17, 15) is 9.59 Å². The molecule has 2 N–H and O–H groups in total. The molecule has 138 valence electrons. The number of aromatic nitrogens is 2. The molecule has 2 heterocycles. The van der Waals surface area contributed by atoms with Crippen molar-refractivity contribution in [1.82, 2.24) is 14.7 Å². The molecule has 1 fully saturated rings. The molecule has 7 nitrogen and oxygen atoms in total. The predicted molar refractivity (Wildman–Crippen MR) is 97.2 cm³/mol. The zero-order chi connectivity index (χ0) is 18.7. The van der Waals surface area contributed by atoms with Crippen LogP contribution in [0.4, 0.5) is 0 Å². The fraction of sp³-hybridized carbons (Fsp3) is 0.389. The van der Waals surface area contributed by atoms with Crippen LogP contribution in [-0.2, 0) is 9.59 Å². The van der Waals surface area contributed by atoms with E-state index in [2.05, 4.69) is 5.10 Å². The summed E-state index contributed by atoms with van der Waals surface area (Å²) in [4.78, 5) is 25.5. The summed E-state index contributed by atoms with van der Waals surface area (Å²) in [5, 5.41) is 4.65. The van der Waals surface area contributed by atoms with Crippen LogP contribution in [0.3, 0.4) is 0 Å². The average molecular weight is 377 g/mol. The van der Waals surface area contributed by atoms with Gasteiger partial charge in [-0.05, 0) is 31.9 Å². The molecule has 0 aliphatic carbocycles. The summed E-state index contributed by atoms with van der Waals surface area (Å²) in [6.45, 7) is 2.65. The molecule has 26 heavy (non-hydrogen) atoms. The van der Waals surface area contributed by atoms with Crippen LogP contribution in [-0.4, -0.2) is 45.7 Å². The van der Waals surface area contributed by atoms with Crippen molar-refractivity contribution in [2.24, 2.45) is 11.7 Å². The number of amides is 2. The SMILES string of the molecule is CC(Oc1nn(-c2ccccc2)cc1Cl)C(=O)N1CCC(C(N)=O)CC1. The minimum Gasteiger partial charge on any atom is -0.462 e. The highest BCUT2D eigenvalue weighted by molar-refractivity contribution is 6.31. The van der Waals surface area contributed by atoms with E-state index < -0.39 is 6.10 Å². The average Bonchev–Trinajstić information content (AvgIpc) is 3.02. The Kier molecular flexibility index (Phi) is 5.46. The number of benzene rings is 1. The van der Waals surface area contributed by atoms with E-state index in [1.54, 1.807) is 22.7 Å². The number of carbonyl (C=O) groups excluding carboxylic acids is 2. The summed E-state index contributed by atoms with van der Waals surface area (Å²) >= 11 is 6.20. The highest BCUT2D eigenvalue weighted by Gasteiger charge is 2.29. The molecular formula is C18H21ClN4O3. The maximum Gasteiger partial charge on any atom is 0.263 e. The van der Waals surface area contributed by atoms with Gasteiger partial charge in [-0.3, -0.25) is 9.59 Å². The lowest BCUT2D eigenvalue weighted by Crippen LogP contribution is -2.46. The molecule has 1 aromatic heterocycles. The second-order valence-corrected chi connectivity index (χ2v) is 6.73. The van der Waals surface area contributed by atoms with Crippen LogP contribution < -0.4 is 10.5 Å². The summed E-state index contributed by atoms with van der Waals surface area (Å²) in [6, 6.07) is 9.49. The number of carbonyl (C=O) groups is 2. The van der Waals surface area contributed by atoms with E-state index in [0.29, 0.717) is 31.0 Å². The Morgan fingerprint density at radius 3 is 2.54 bits per heavy atom. The van der Waals surface area contributed by atoms with Crippen molar-refractivity contribution < 1.29 is 14.3 Å². The van der Waals surface area contributed by atoms with Crippen LogP contribution in [0.2, 0.25) is 5.02 Å². The first kappa shape index (κ1) is 18.3. The van der Waals surface area contributed by atoms with Crippen molar-refractivity contribution in [3.63, 3.8) is 0 Å². The first-order valence-corrected chi connectivity index (χ1v) is 8.89. The molecule has 8 heteroatoms. The zero-order valence-corrected chi connectivity index (χ0v) is 15.2. The quantitative estimate of drug-likeness (QED) is 0.864. The molecule has 1 saturated heterocycles. The molecule has 0 bridgehead atoms. The summed E-state index contributed by atoms with van der Waals surface area (Å²) in [5.74, 6) is -0.410. The highest BCUT2D eigenvalue weighted by atomic mass is 35.5. The molecule has 2 amide bonds. The van der Waals surface area contributed by atoms with Gasteiger partial charge in [-0.1, -0.05) is 29.8 Å². The number of para-hydroxylation sites is 1. The number of piperidine rings is 1. The number of hydrogen-bond donors (Lipinski definition) is 1. The van der Waals surface area contributed by atoms with Gasteiger partial charge in [0.25, 0.3) is 11.8 Å². The largest absolute Gasteiger partial charge is 0.462 e. The van der Waals surface area contributed by atoms with E-state index in [1.807, 2.05) is 30.3 Å². The van der Waals surface area contributed by atoms with E-state index in [1.165, 1.54) is 0 Å². The lowest BCUT2D eigenvalue weighted by molar-refractivity contribution is -0.140. The molecule has 1 atom stereocenters. The minimum absolute atomic E-state index is 0.154. The van der Waals surface area contributed by atoms with Crippen molar-refractivity contribution in [2.75, 3.05) is 13.1 Å². The fourth-order valence-corrected chi connectivity index (χ4v) is 3.16. The maximum absolute atomic E-state index is 12.6. The maximum atomic E-state index is 12.6. The van der Waals surface area contributed by atoms with Gasteiger partial charge in [-0.2, -0.15) is 0 Å². The minimum atomic E-state index is -0.725. The second kappa shape index (κ2) is 7.78. The van der Waals surface area contributed by atoms with E-state index in [0.717, 1.165) is 5.69 Å². The standard InChI is InChI=1S/C18H21ClN4O3/c1-12(18(25)22-9-7-13(8-10-22)16(20)24)26-17-15(19)11-23(21-17)14-5-3-2-4-6-14/h2-6,11-13H,7-10H2,1H3,(H2,20,24). The van der Waals surface area contributed by atoms with Gasteiger partial charge in [-0.25, -0.2) is 4.68 Å². The van der Waals surface area contributed by atoms with Gasteiger partial charge in [0.2, 0.25) is 5.91 Å². The molecule has 1 unspecified atom stereocenters. The lowest BCUT2D eigenvalue weighted by atomic mass is 9.96. The van der Waals surface area contributed by atoms with Gasteiger partial charge in [-0.15, -0.1) is 5.10 Å². The van der Waals surface area contributed by atoms with Crippen molar-refractivity contribution >= 4 is 23.4 Å². The Hall–Kier alpha value is -2.54. The molecule has 0 spiro atoms. The number of nitrogens with two attached hydrogens (primary N) is 1. The van der Waals surface area contributed by atoms with E-state index >= 15 is 0 Å². The fourth-order valence-electron chi connectivity index (χ4n) is 2.99. The Balaban J connectivity index is 1.63. The van der Waals surface area contributed by atoms with Gasteiger partial charge in [0.05, 0.1) is 11.9 Å². The van der Waals surface area contributed by atoms with Crippen LogP contribution in [0.1, 0.15) is 19.8 Å². The molecule has 3 rings (SSSR count). The highest BCUT2D eigenvalue weighted by Crippen LogP contribution is 2.26. The van der Waals surface area contributed by atoms with Crippen LogP contribution in [0.5, 0.6) is 5.88 Å².